The molecule has 0 atom stereocenters. The van der Waals surface area contributed by atoms with Crippen LogP contribution in [-0.4, -0.2) is 22.0 Å². The van der Waals surface area contributed by atoms with Gasteiger partial charge in [0.2, 0.25) is 0 Å². The second kappa shape index (κ2) is 5.50. The van der Waals surface area contributed by atoms with Crippen LogP contribution in [0.4, 0.5) is 5.69 Å². The van der Waals surface area contributed by atoms with Crippen molar-refractivity contribution in [3.05, 3.63) is 44.3 Å². The molecule has 0 bridgehead atoms. The van der Waals surface area contributed by atoms with Gasteiger partial charge in [-0.15, -0.1) is 11.3 Å². The molecule has 2 aromatic rings. The Hall–Kier alpha value is -1.73. The molecule has 0 spiro atoms. The standard InChI is InChI=1S/C12H9BrN2O3S/c1-6-14-10(5-19-6)11(16)15-9-4-7(12(17)18)2-3-8(9)13/h2-5H,1H3,(H,15,16)(H,17,18). The summed E-state index contributed by atoms with van der Waals surface area (Å²) < 4.78 is 0.609. The number of aromatic nitrogens is 1. The normalized spacial score (nSPS) is 10.2. The molecule has 0 aliphatic carbocycles. The Kier molecular flexibility index (Phi) is 3.96. The molecule has 0 saturated heterocycles. The molecule has 98 valence electrons. The van der Waals surface area contributed by atoms with Gasteiger partial charge in [0.05, 0.1) is 16.3 Å². The molecule has 1 aromatic heterocycles. The molecule has 1 heterocycles. The van der Waals surface area contributed by atoms with Crippen molar-refractivity contribution in [2.45, 2.75) is 6.92 Å². The Bertz CT molecular complexity index is 654. The molecule has 0 unspecified atom stereocenters. The van der Waals surface area contributed by atoms with Gasteiger partial charge < -0.3 is 10.4 Å². The average Bonchev–Trinajstić information content (AvgIpc) is 2.78. The number of anilines is 1. The maximum absolute atomic E-state index is 11.9. The molecular weight excluding hydrogens is 332 g/mol. The number of thiazole rings is 1. The van der Waals surface area contributed by atoms with Crippen LogP contribution in [0.25, 0.3) is 0 Å². The molecule has 0 aliphatic heterocycles. The number of hydrogen-bond donors (Lipinski definition) is 2. The summed E-state index contributed by atoms with van der Waals surface area (Å²) in [5.74, 6) is -1.42. The maximum atomic E-state index is 11.9. The molecule has 5 nitrogen and oxygen atoms in total. The lowest BCUT2D eigenvalue weighted by Gasteiger charge is -2.07. The van der Waals surface area contributed by atoms with E-state index in [1.807, 2.05) is 6.92 Å². The number of carbonyl (C=O) groups excluding carboxylic acids is 1. The minimum atomic E-state index is -1.05. The zero-order chi connectivity index (χ0) is 14.0. The van der Waals surface area contributed by atoms with Crippen LogP contribution in [0.5, 0.6) is 0 Å². The van der Waals surface area contributed by atoms with Crippen molar-refractivity contribution in [1.82, 2.24) is 4.98 Å². The SMILES string of the molecule is Cc1nc(C(=O)Nc2cc(C(=O)O)ccc2Br)cs1. The number of amides is 1. The van der Waals surface area contributed by atoms with E-state index in [9.17, 15) is 9.59 Å². The first-order valence-corrected chi connectivity index (χ1v) is 6.91. The Morgan fingerprint density at radius 1 is 1.42 bits per heavy atom. The topological polar surface area (TPSA) is 79.3 Å². The number of carbonyl (C=O) groups is 2. The molecule has 0 aliphatic rings. The third-order valence-corrected chi connectivity index (χ3v) is 3.78. The number of halogens is 1. The van der Waals surface area contributed by atoms with E-state index in [4.69, 9.17) is 5.11 Å². The van der Waals surface area contributed by atoms with Crippen LogP contribution in [-0.2, 0) is 0 Å². The third-order valence-electron chi connectivity index (χ3n) is 2.31. The van der Waals surface area contributed by atoms with Gasteiger partial charge in [0, 0.05) is 9.85 Å². The van der Waals surface area contributed by atoms with Crippen LogP contribution in [0.1, 0.15) is 25.9 Å². The van der Waals surface area contributed by atoms with E-state index in [1.165, 1.54) is 23.5 Å². The maximum Gasteiger partial charge on any atom is 0.335 e. The van der Waals surface area contributed by atoms with E-state index in [2.05, 4.69) is 26.2 Å². The largest absolute Gasteiger partial charge is 0.478 e. The summed E-state index contributed by atoms with van der Waals surface area (Å²) in [6.07, 6.45) is 0. The van der Waals surface area contributed by atoms with Crippen molar-refractivity contribution in [3.8, 4) is 0 Å². The molecule has 0 fully saturated rings. The molecule has 0 saturated carbocycles. The van der Waals surface area contributed by atoms with Gasteiger partial charge in [0.25, 0.3) is 5.91 Å². The summed E-state index contributed by atoms with van der Waals surface area (Å²) in [5.41, 5.74) is 0.818. The van der Waals surface area contributed by atoms with Crippen LogP contribution in [0.15, 0.2) is 28.1 Å². The molecule has 2 N–H and O–H groups in total. The molecule has 19 heavy (non-hydrogen) atoms. The summed E-state index contributed by atoms with van der Waals surface area (Å²) >= 11 is 4.64. The molecule has 2 rings (SSSR count). The lowest BCUT2D eigenvalue weighted by Crippen LogP contribution is -2.13. The molecule has 1 amide bonds. The first-order chi connectivity index (χ1) is 8.97. The van der Waals surface area contributed by atoms with Gasteiger partial charge in [-0.25, -0.2) is 9.78 Å². The molecular formula is C12H9BrN2O3S. The monoisotopic (exact) mass is 340 g/mol. The first kappa shape index (κ1) is 13.7. The minimum Gasteiger partial charge on any atom is -0.478 e. The highest BCUT2D eigenvalue weighted by Crippen LogP contribution is 2.24. The smallest absolute Gasteiger partial charge is 0.335 e. The lowest BCUT2D eigenvalue weighted by atomic mass is 10.2. The Morgan fingerprint density at radius 3 is 2.74 bits per heavy atom. The summed E-state index contributed by atoms with van der Waals surface area (Å²) in [6, 6.07) is 4.42. The zero-order valence-corrected chi connectivity index (χ0v) is 12.2. The Morgan fingerprint density at radius 2 is 2.16 bits per heavy atom. The van der Waals surface area contributed by atoms with Crippen LogP contribution in [0.2, 0.25) is 0 Å². The summed E-state index contributed by atoms with van der Waals surface area (Å²) in [4.78, 5) is 26.9. The number of hydrogen-bond acceptors (Lipinski definition) is 4. The van der Waals surface area contributed by atoms with Crippen LogP contribution in [0, 0.1) is 6.92 Å². The van der Waals surface area contributed by atoms with Gasteiger partial charge in [0.1, 0.15) is 5.69 Å². The number of carboxylic acid groups (broad SMARTS) is 1. The fourth-order valence-electron chi connectivity index (χ4n) is 1.41. The fourth-order valence-corrected chi connectivity index (χ4v) is 2.35. The van der Waals surface area contributed by atoms with E-state index in [-0.39, 0.29) is 11.5 Å². The predicted molar refractivity (Wildman–Crippen MR) is 75.9 cm³/mol. The third kappa shape index (κ3) is 3.18. The quantitative estimate of drug-likeness (QED) is 0.899. The van der Waals surface area contributed by atoms with E-state index in [0.717, 1.165) is 5.01 Å². The van der Waals surface area contributed by atoms with Crippen molar-refractivity contribution in [3.63, 3.8) is 0 Å². The van der Waals surface area contributed by atoms with Crippen LogP contribution < -0.4 is 5.32 Å². The average molecular weight is 341 g/mol. The van der Waals surface area contributed by atoms with Crippen molar-refractivity contribution >= 4 is 44.8 Å². The lowest BCUT2D eigenvalue weighted by molar-refractivity contribution is 0.0696. The number of benzene rings is 1. The van der Waals surface area contributed by atoms with Crippen molar-refractivity contribution in [1.29, 1.82) is 0 Å². The van der Waals surface area contributed by atoms with Gasteiger partial charge in [-0.1, -0.05) is 0 Å². The number of rotatable bonds is 3. The molecule has 1 aromatic carbocycles. The van der Waals surface area contributed by atoms with Crippen molar-refractivity contribution in [2.24, 2.45) is 0 Å². The van der Waals surface area contributed by atoms with E-state index in [0.29, 0.717) is 15.9 Å². The highest BCUT2D eigenvalue weighted by molar-refractivity contribution is 9.10. The number of carboxylic acids is 1. The zero-order valence-electron chi connectivity index (χ0n) is 9.81. The van der Waals surface area contributed by atoms with E-state index >= 15 is 0 Å². The number of nitrogens with one attached hydrogen (secondary N) is 1. The minimum absolute atomic E-state index is 0.105. The van der Waals surface area contributed by atoms with E-state index in [1.54, 1.807) is 11.4 Å². The summed E-state index contributed by atoms with van der Waals surface area (Å²) in [5, 5.41) is 14.0. The van der Waals surface area contributed by atoms with E-state index < -0.39 is 5.97 Å². The van der Waals surface area contributed by atoms with Crippen molar-refractivity contribution in [2.75, 3.05) is 5.32 Å². The van der Waals surface area contributed by atoms with Gasteiger partial charge in [-0.3, -0.25) is 4.79 Å². The number of aromatic carboxylic acids is 1. The van der Waals surface area contributed by atoms with Crippen LogP contribution in [0.3, 0.4) is 0 Å². The van der Waals surface area contributed by atoms with Crippen molar-refractivity contribution < 1.29 is 14.7 Å². The highest BCUT2D eigenvalue weighted by Gasteiger charge is 2.13. The highest BCUT2D eigenvalue weighted by atomic mass is 79.9. The number of aryl methyl sites for hydroxylation is 1. The second-order valence-corrected chi connectivity index (χ2v) is 5.62. The van der Waals surface area contributed by atoms with Crippen LogP contribution >= 0.6 is 27.3 Å². The fraction of sp³-hybridized carbons (Fsp3) is 0.0833. The Balaban J connectivity index is 2.25. The first-order valence-electron chi connectivity index (χ1n) is 5.23. The summed E-state index contributed by atoms with van der Waals surface area (Å²) in [7, 11) is 0. The molecule has 7 heteroatoms. The van der Waals surface area contributed by atoms with Gasteiger partial charge in [0.15, 0.2) is 0 Å². The Labute approximate surface area is 121 Å². The number of nitrogens with zero attached hydrogens (tertiary/aromatic N) is 1. The van der Waals surface area contributed by atoms with Gasteiger partial charge in [-0.2, -0.15) is 0 Å². The van der Waals surface area contributed by atoms with Gasteiger partial charge in [-0.05, 0) is 41.1 Å². The second-order valence-electron chi connectivity index (χ2n) is 3.71. The summed E-state index contributed by atoms with van der Waals surface area (Å²) in [6.45, 7) is 1.81. The van der Waals surface area contributed by atoms with Gasteiger partial charge >= 0.3 is 5.97 Å². The molecule has 0 radical (unpaired) electrons. The predicted octanol–water partition coefficient (Wildman–Crippen LogP) is 3.16.